The summed E-state index contributed by atoms with van der Waals surface area (Å²) in [4.78, 5) is 11.5. The number of hydrogen-bond acceptors (Lipinski definition) is 3. The predicted molar refractivity (Wildman–Crippen MR) is 85.6 cm³/mol. The van der Waals surface area contributed by atoms with Crippen molar-refractivity contribution in [2.24, 2.45) is 0 Å². The molecule has 0 radical (unpaired) electrons. The quantitative estimate of drug-likeness (QED) is 0.754. The van der Waals surface area contributed by atoms with Crippen LogP contribution in [-0.4, -0.2) is 19.5 Å². The van der Waals surface area contributed by atoms with Gasteiger partial charge in [-0.15, -0.1) is 0 Å². The predicted octanol–water partition coefficient (Wildman–Crippen LogP) is 2.38. The molecule has 1 unspecified atom stereocenters. The van der Waals surface area contributed by atoms with E-state index in [-0.39, 0.29) is 5.91 Å². The molecular weight excluding hydrogens is 262 g/mol. The first-order valence-corrected chi connectivity index (χ1v) is 7.12. The van der Waals surface area contributed by atoms with Crippen molar-refractivity contribution in [3.8, 4) is 0 Å². The van der Waals surface area contributed by atoms with E-state index in [4.69, 9.17) is 5.73 Å². The number of anilines is 2. The topological polar surface area (TPSA) is 67.2 Å². The Labute approximate surface area is 124 Å². The smallest absolute Gasteiger partial charge is 0.251 e. The van der Waals surface area contributed by atoms with Crippen molar-refractivity contribution < 1.29 is 4.79 Å². The number of fused-ring (bicyclic) bond motifs is 1. The van der Waals surface area contributed by atoms with Gasteiger partial charge in [0, 0.05) is 25.1 Å². The molecule has 0 spiro atoms. The van der Waals surface area contributed by atoms with E-state index in [0.717, 1.165) is 18.7 Å². The van der Waals surface area contributed by atoms with Crippen LogP contribution in [0.15, 0.2) is 42.5 Å². The lowest BCUT2D eigenvalue weighted by Crippen LogP contribution is -2.24. The van der Waals surface area contributed by atoms with Gasteiger partial charge >= 0.3 is 0 Å². The summed E-state index contributed by atoms with van der Waals surface area (Å²) in [5.41, 5.74) is 10.9. The molecule has 1 aliphatic rings. The van der Waals surface area contributed by atoms with E-state index in [0.29, 0.717) is 17.2 Å². The third-order valence-electron chi connectivity index (χ3n) is 4.04. The van der Waals surface area contributed by atoms with Gasteiger partial charge in [-0.05, 0) is 35.7 Å². The van der Waals surface area contributed by atoms with Gasteiger partial charge in [-0.1, -0.05) is 24.3 Å². The Bertz CT molecular complexity index is 681. The van der Waals surface area contributed by atoms with Gasteiger partial charge in [-0.2, -0.15) is 0 Å². The molecule has 1 aliphatic carbocycles. The molecule has 1 amide bonds. The molecule has 3 rings (SSSR count). The minimum atomic E-state index is -0.124. The van der Waals surface area contributed by atoms with Gasteiger partial charge < -0.3 is 16.4 Å². The normalized spacial score (nSPS) is 15.8. The average molecular weight is 281 g/mol. The Balaban J connectivity index is 1.66. The third kappa shape index (κ3) is 2.57. The molecular formula is C17H19N3O. The molecule has 0 aliphatic heterocycles. The molecule has 0 saturated carbocycles. The lowest BCUT2D eigenvalue weighted by molar-refractivity contribution is 0.0963. The van der Waals surface area contributed by atoms with E-state index < -0.39 is 0 Å². The van der Waals surface area contributed by atoms with Crippen molar-refractivity contribution in [1.82, 2.24) is 5.32 Å². The summed E-state index contributed by atoms with van der Waals surface area (Å²) in [5, 5.41) is 5.98. The van der Waals surface area contributed by atoms with Crippen LogP contribution in [0.5, 0.6) is 0 Å². The number of nitrogens with one attached hydrogen (secondary N) is 2. The van der Waals surface area contributed by atoms with E-state index in [9.17, 15) is 4.79 Å². The van der Waals surface area contributed by atoms with E-state index in [1.54, 1.807) is 19.2 Å². The van der Waals surface area contributed by atoms with Crippen molar-refractivity contribution in [2.75, 3.05) is 24.6 Å². The number of hydrogen-bond donors (Lipinski definition) is 3. The summed E-state index contributed by atoms with van der Waals surface area (Å²) in [6.45, 7) is 0.862. The Morgan fingerprint density at radius 3 is 2.81 bits per heavy atom. The highest BCUT2D eigenvalue weighted by molar-refractivity contribution is 5.95. The van der Waals surface area contributed by atoms with Crippen LogP contribution in [0, 0.1) is 0 Å². The van der Waals surface area contributed by atoms with E-state index in [2.05, 4.69) is 34.9 Å². The molecule has 21 heavy (non-hydrogen) atoms. The second-order valence-electron chi connectivity index (χ2n) is 5.36. The van der Waals surface area contributed by atoms with Gasteiger partial charge in [0.15, 0.2) is 0 Å². The maximum atomic E-state index is 11.5. The van der Waals surface area contributed by atoms with E-state index in [1.807, 2.05) is 6.07 Å². The molecule has 4 heteroatoms. The van der Waals surface area contributed by atoms with Crippen LogP contribution in [0.2, 0.25) is 0 Å². The highest BCUT2D eigenvalue weighted by Gasteiger charge is 2.24. The molecule has 4 nitrogen and oxygen atoms in total. The second kappa shape index (κ2) is 5.48. The van der Waals surface area contributed by atoms with Crippen molar-refractivity contribution in [3.63, 3.8) is 0 Å². The molecule has 0 aromatic heterocycles. The molecule has 1 atom stereocenters. The Morgan fingerprint density at radius 2 is 2.10 bits per heavy atom. The number of nitrogen functional groups attached to an aromatic ring is 1. The zero-order valence-electron chi connectivity index (χ0n) is 12.0. The van der Waals surface area contributed by atoms with Gasteiger partial charge in [0.05, 0.1) is 11.4 Å². The summed E-state index contributed by atoms with van der Waals surface area (Å²) >= 11 is 0. The molecule has 108 valence electrons. The highest BCUT2D eigenvalue weighted by Crippen LogP contribution is 2.35. The molecule has 2 aromatic rings. The largest absolute Gasteiger partial charge is 0.397 e. The fourth-order valence-electron chi connectivity index (χ4n) is 2.79. The Kier molecular flexibility index (Phi) is 3.52. The van der Waals surface area contributed by atoms with Crippen LogP contribution in [0.3, 0.4) is 0 Å². The summed E-state index contributed by atoms with van der Waals surface area (Å²) in [7, 11) is 1.61. The van der Waals surface area contributed by atoms with Crippen LogP contribution in [-0.2, 0) is 6.42 Å². The minimum absolute atomic E-state index is 0.124. The lowest BCUT2D eigenvalue weighted by Gasteiger charge is -2.30. The minimum Gasteiger partial charge on any atom is -0.397 e. The van der Waals surface area contributed by atoms with E-state index in [1.165, 1.54) is 11.1 Å². The fourth-order valence-corrected chi connectivity index (χ4v) is 2.79. The van der Waals surface area contributed by atoms with E-state index >= 15 is 0 Å². The summed E-state index contributed by atoms with van der Waals surface area (Å²) < 4.78 is 0. The lowest BCUT2D eigenvalue weighted by atomic mass is 9.77. The second-order valence-corrected chi connectivity index (χ2v) is 5.36. The number of carbonyl (C=O) groups excluding carboxylic acids is 1. The summed E-state index contributed by atoms with van der Waals surface area (Å²) in [6, 6.07) is 13.9. The number of nitrogens with two attached hydrogens (primary N) is 1. The van der Waals surface area contributed by atoms with Crippen molar-refractivity contribution in [3.05, 3.63) is 59.2 Å². The number of benzene rings is 2. The maximum absolute atomic E-state index is 11.5. The van der Waals surface area contributed by atoms with Gasteiger partial charge in [0.2, 0.25) is 0 Å². The summed E-state index contributed by atoms with van der Waals surface area (Å²) in [6.07, 6.45) is 1.11. The molecule has 2 aromatic carbocycles. The third-order valence-corrected chi connectivity index (χ3v) is 4.04. The zero-order valence-corrected chi connectivity index (χ0v) is 12.0. The molecule has 4 N–H and O–H groups in total. The van der Waals surface area contributed by atoms with Crippen molar-refractivity contribution in [2.45, 2.75) is 12.3 Å². The molecule has 0 fully saturated rings. The van der Waals surface area contributed by atoms with Crippen LogP contribution >= 0.6 is 0 Å². The Hall–Kier alpha value is -2.49. The first kappa shape index (κ1) is 13.5. The SMILES string of the molecule is CNC(=O)c1ccc(NCC2Cc3ccccc32)c(N)c1. The van der Waals surface area contributed by atoms with Crippen molar-refractivity contribution in [1.29, 1.82) is 0 Å². The van der Waals surface area contributed by atoms with Crippen LogP contribution < -0.4 is 16.4 Å². The van der Waals surface area contributed by atoms with Crippen LogP contribution in [0.25, 0.3) is 0 Å². The van der Waals surface area contributed by atoms with Gasteiger partial charge in [0.25, 0.3) is 5.91 Å². The number of rotatable bonds is 4. The molecule has 0 bridgehead atoms. The first-order valence-electron chi connectivity index (χ1n) is 7.12. The molecule has 0 heterocycles. The standard InChI is InChI=1S/C17H19N3O/c1-19-17(21)12-6-7-16(15(18)9-12)20-10-13-8-11-4-2-3-5-14(11)13/h2-7,9,13,20H,8,10,18H2,1H3,(H,19,21). The number of carbonyl (C=O) groups is 1. The van der Waals surface area contributed by atoms with Crippen LogP contribution in [0.4, 0.5) is 11.4 Å². The van der Waals surface area contributed by atoms with Crippen LogP contribution in [0.1, 0.15) is 27.4 Å². The van der Waals surface area contributed by atoms with Crippen molar-refractivity contribution >= 4 is 17.3 Å². The fraction of sp³-hybridized carbons (Fsp3) is 0.235. The van der Waals surface area contributed by atoms with Gasteiger partial charge in [0.1, 0.15) is 0 Å². The number of amides is 1. The monoisotopic (exact) mass is 281 g/mol. The molecule has 0 saturated heterocycles. The first-order chi connectivity index (χ1) is 10.2. The average Bonchev–Trinajstić information content (AvgIpc) is 2.48. The Morgan fingerprint density at radius 1 is 1.29 bits per heavy atom. The summed E-state index contributed by atoms with van der Waals surface area (Å²) in [5.74, 6) is 0.417. The zero-order chi connectivity index (χ0) is 14.8. The maximum Gasteiger partial charge on any atom is 0.251 e. The van der Waals surface area contributed by atoms with Gasteiger partial charge in [-0.3, -0.25) is 4.79 Å². The van der Waals surface area contributed by atoms with Gasteiger partial charge in [-0.25, -0.2) is 0 Å². The highest BCUT2D eigenvalue weighted by atomic mass is 16.1.